The average Bonchev–Trinajstić information content (AvgIpc) is 2.68. The van der Waals surface area contributed by atoms with Gasteiger partial charge in [-0.05, 0) is 0 Å². The molecule has 86 valence electrons. The summed E-state index contributed by atoms with van der Waals surface area (Å²) in [6.07, 6.45) is 1.09. The van der Waals surface area contributed by atoms with Gasteiger partial charge in [0.25, 0.3) is 0 Å². The fourth-order valence-electron chi connectivity index (χ4n) is 1.73. The van der Waals surface area contributed by atoms with Gasteiger partial charge >= 0.3 is 102 Å². The quantitative estimate of drug-likeness (QED) is 0.868. The van der Waals surface area contributed by atoms with Gasteiger partial charge in [0, 0.05) is 0 Å². The molecule has 0 aliphatic carbocycles. The first-order chi connectivity index (χ1) is 7.70. The summed E-state index contributed by atoms with van der Waals surface area (Å²) >= 11 is 0.461. The number of nitrogens with zero attached hydrogens (tertiary/aromatic N) is 1. The van der Waals surface area contributed by atoms with E-state index in [4.69, 9.17) is 0 Å². The minimum atomic E-state index is 0.381. The van der Waals surface area contributed by atoms with Crippen molar-refractivity contribution >= 4 is 24.1 Å². The third kappa shape index (κ3) is 2.49. The van der Waals surface area contributed by atoms with Crippen LogP contribution in [0.3, 0.4) is 0 Å². The Morgan fingerprint density at radius 2 is 2.19 bits per heavy atom. The fourth-order valence-corrected chi connectivity index (χ4v) is 3.78. The van der Waals surface area contributed by atoms with Gasteiger partial charge in [-0.3, -0.25) is 0 Å². The second-order valence-electron chi connectivity index (χ2n) is 4.09. The molecule has 0 spiro atoms. The number of likely N-dealkylation sites (N-methyl/N-ethyl adjacent to an activating group) is 1. The van der Waals surface area contributed by atoms with Crippen LogP contribution in [0.25, 0.3) is 9.65 Å². The second kappa shape index (κ2) is 5.05. The molecular weight excluding hydrogens is 265 g/mol. The van der Waals surface area contributed by atoms with Gasteiger partial charge < -0.3 is 0 Å². The van der Waals surface area contributed by atoms with E-state index in [1.54, 1.807) is 6.07 Å². The van der Waals surface area contributed by atoms with Crippen molar-refractivity contribution in [2.75, 3.05) is 20.1 Å². The van der Waals surface area contributed by atoms with Crippen LogP contribution in [0.1, 0.15) is 12.5 Å². The van der Waals surface area contributed by atoms with Crippen LogP contribution in [-0.2, 0) is 6.42 Å². The average molecular weight is 282 g/mol. The summed E-state index contributed by atoms with van der Waals surface area (Å²) in [5.74, 6) is 0.381. The van der Waals surface area contributed by atoms with E-state index >= 15 is 0 Å². The van der Waals surface area contributed by atoms with Crippen LogP contribution < -0.4 is 0 Å². The Morgan fingerprint density at radius 1 is 1.38 bits per heavy atom. The molecule has 0 bridgehead atoms. The van der Waals surface area contributed by atoms with Gasteiger partial charge in [-0.25, -0.2) is 0 Å². The molecule has 1 aromatic heterocycles. The molecule has 0 unspecified atom stereocenters. The summed E-state index contributed by atoms with van der Waals surface area (Å²) < 4.78 is 1.40. The number of hydrogen-bond acceptors (Lipinski definition) is 2. The zero-order valence-electron chi connectivity index (χ0n) is 9.73. The van der Waals surface area contributed by atoms with Crippen molar-refractivity contribution in [1.29, 1.82) is 0 Å². The molecule has 3 heteroatoms. The van der Waals surface area contributed by atoms with Crippen LogP contribution in [0.5, 0.6) is 5.75 Å². The number of fused-ring (bicyclic) bond motifs is 1. The standard InChI is InChI=1S/C13H17NOSe/c1-3-14(2)7-6-10-9-16-13-5-4-11(15)8-12(10)13/h4-5,8-9,15H,3,6-7H2,1-2H3. The molecule has 0 fully saturated rings. The summed E-state index contributed by atoms with van der Waals surface area (Å²) in [5, 5.41) is 10.8. The topological polar surface area (TPSA) is 23.5 Å². The van der Waals surface area contributed by atoms with Crippen molar-refractivity contribution in [3.05, 3.63) is 28.7 Å². The molecule has 2 aromatic rings. The van der Waals surface area contributed by atoms with Gasteiger partial charge in [0.15, 0.2) is 0 Å². The van der Waals surface area contributed by atoms with Crippen molar-refractivity contribution < 1.29 is 5.11 Å². The van der Waals surface area contributed by atoms with E-state index in [9.17, 15) is 5.11 Å². The van der Waals surface area contributed by atoms with Gasteiger partial charge in [0.05, 0.1) is 0 Å². The van der Waals surface area contributed by atoms with Crippen LogP contribution >= 0.6 is 0 Å². The third-order valence-corrected chi connectivity index (χ3v) is 5.06. The van der Waals surface area contributed by atoms with Gasteiger partial charge in [0.1, 0.15) is 0 Å². The first kappa shape index (κ1) is 11.7. The number of benzene rings is 1. The number of phenolic OH excluding ortho intramolecular Hbond substituents is 1. The number of rotatable bonds is 4. The Kier molecular flexibility index (Phi) is 3.70. The molecule has 0 aliphatic heterocycles. The zero-order valence-corrected chi connectivity index (χ0v) is 11.4. The molecule has 2 nitrogen and oxygen atoms in total. The monoisotopic (exact) mass is 283 g/mol. The van der Waals surface area contributed by atoms with Crippen LogP contribution in [-0.4, -0.2) is 44.6 Å². The van der Waals surface area contributed by atoms with E-state index in [-0.39, 0.29) is 0 Å². The van der Waals surface area contributed by atoms with Gasteiger partial charge in [-0.1, -0.05) is 0 Å². The summed E-state index contributed by atoms with van der Waals surface area (Å²) in [7, 11) is 2.14. The molecule has 0 saturated heterocycles. The number of hydrogen-bond donors (Lipinski definition) is 1. The van der Waals surface area contributed by atoms with Gasteiger partial charge in [-0.2, -0.15) is 0 Å². The van der Waals surface area contributed by atoms with Crippen molar-refractivity contribution in [3.8, 4) is 5.75 Å². The Balaban J connectivity index is 2.21. The maximum atomic E-state index is 9.51. The summed E-state index contributed by atoms with van der Waals surface area (Å²) in [5.41, 5.74) is 1.41. The van der Waals surface area contributed by atoms with Crippen LogP contribution in [0.2, 0.25) is 0 Å². The second-order valence-corrected chi connectivity index (χ2v) is 6.00. The molecule has 0 radical (unpaired) electrons. The zero-order chi connectivity index (χ0) is 11.5. The Hall–Kier alpha value is -0.761. The van der Waals surface area contributed by atoms with Crippen molar-refractivity contribution in [1.82, 2.24) is 4.90 Å². The van der Waals surface area contributed by atoms with E-state index in [0.29, 0.717) is 20.3 Å². The molecule has 0 saturated carbocycles. The van der Waals surface area contributed by atoms with E-state index in [1.165, 1.54) is 15.2 Å². The van der Waals surface area contributed by atoms with Crippen molar-refractivity contribution in [3.63, 3.8) is 0 Å². The fraction of sp³-hybridized carbons (Fsp3) is 0.385. The maximum absolute atomic E-state index is 9.51. The first-order valence-electron chi connectivity index (χ1n) is 5.58. The van der Waals surface area contributed by atoms with E-state index < -0.39 is 0 Å². The summed E-state index contributed by atoms with van der Waals surface area (Å²) in [6.45, 7) is 4.35. The number of aromatic hydroxyl groups is 1. The van der Waals surface area contributed by atoms with Gasteiger partial charge in [-0.15, -0.1) is 0 Å². The van der Waals surface area contributed by atoms with E-state index in [1.807, 2.05) is 6.07 Å². The number of phenols is 1. The molecule has 0 amide bonds. The molecular formula is C13H17NOSe. The Labute approximate surface area is 102 Å². The summed E-state index contributed by atoms with van der Waals surface area (Å²) in [6, 6.07) is 5.75. The van der Waals surface area contributed by atoms with Crippen molar-refractivity contribution in [2.45, 2.75) is 13.3 Å². The molecule has 16 heavy (non-hydrogen) atoms. The Morgan fingerprint density at radius 3 is 2.94 bits per heavy atom. The summed E-state index contributed by atoms with van der Waals surface area (Å²) in [4.78, 5) is 4.66. The molecule has 1 N–H and O–H groups in total. The molecule has 1 aromatic carbocycles. The normalized spacial score (nSPS) is 11.4. The van der Waals surface area contributed by atoms with E-state index in [2.05, 4.69) is 29.9 Å². The van der Waals surface area contributed by atoms with Crippen LogP contribution in [0.4, 0.5) is 0 Å². The Bertz CT molecular complexity index is 478. The predicted octanol–water partition coefficient (Wildman–Crippen LogP) is 2.10. The first-order valence-corrected chi connectivity index (χ1v) is 7.43. The molecule has 2 rings (SSSR count). The minimum absolute atomic E-state index is 0.381. The molecule has 0 aliphatic rings. The van der Waals surface area contributed by atoms with E-state index in [0.717, 1.165) is 19.5 Å². The van der Waals surface area contributed by atoms with Crippen LogP contribution in [0, 0.1) is 0 Å². The van der Waals surface area contributed by atoms with Gasteiger partial charge in [0.2, 0.25) is 0 Å². The molecule has 1 heterocycles. The molecule has 0 atom stereocenters. The van der Waals surface area contributed by atoms with Crippen molar-refractivity contribution in [2.24, 2.45) is 0 Å². The SMILES string of the molecule is CCN(C)CCc1c[se]c2ccc(O)cc12. The predicted molar refractivity (Wildman–Crippen MR) is 69.4 cm³/mol. The van der Waals surface area contributed by atoms with Crippen LogP contribution in [0.15, 0.2) is 23.1 Å². The third-order valence-electron chi connectivity index (χ3n) is 2.94.